The van der Waals surface area contributed by atoms with E-state index >= 15 is 0 Å². The van der Waals surface area contributed by atoms with E-state index in [9.17, 15) is 0 Å². The van der Waals surface area contributed by atoms with Gasteiger partial charge in [0.2, 0.25) is 0 Å². The molecule has 1 aromatic rings. The molecule has 2 nitrogen and oxygen atoms in total. The SMILES string of the molecule is CC.Cc1cnc(Cl)cc1OC(C)C. The van der Waals surface area contributed by atoms with Gasteiger partial charge < -0.3 is 4.74 Å². The highest BCUT2D eigenvalue weighted by molar-refractivity contribution is 6.29. The molecular weight excluding hydrogens is 198 g/mol. The average molecular weight is 216 g/mol. The second kappa shape index (κ2) is 6.66. The summed E-state index contributed by atoms with van der Waals surface area (Å²) in [6.07, 6.45) is 1.88. The van der Waals surface area contributed by atoms with E-state index in [1.165, 1.54) is 0 Å². The largest absolute Gasteiger partial charge is 0.491 e. The van der Waals surface area contributed by atoms with Gasteiger partial charge in [-0.3, -0.25) is 0 Å². The Morgan fingerprint density at radius 1 is 1.36 bits per heavy atom. The Morgan fingerprint density at radius 2 is 1.93 bits per heavy atom. The molecule has 80 valence electrons. The minimum Gasteiger partial charge on any atom is -0.491 e. The first-order valence-corrected chi connectivity index (χ1v) is 5.26. The van der Waals surface area contributed by atoms with Gasteiger partial charge in [0.25, 0.3) is 0 Å². The average Bonchev–Trinajstić information content (AvgIpc) is 2.14. The molecule has 0 aliphatic carbocycles. The van der Waals surface area contributed by atoms with Gasteiger partial charge in [-0.1, -0.05) is 25.4 Å². The van der Waals surface area contributed by atoms with Crippen molar-refractivity contribution in [2.75, 3.05) is 0 Å². The normalized spacial score (nSPS) is 9.36. The highest BCUT2D eigenvalue weighted by Gasteiger charge is 2.02. The fourth-order valence-electron chi connectivity index (χ4n) is 0.862. The van der Waals surface area contributed by atoms with Crippen molar-refractivity contribution >= 4 is 11.6 Å². The second-order valence-electron chi connectivity index (χ2n) is 2.94. The molecule has 0 aliphatic rings. The van der Waals surface area contributed by atoms with Crippen LogP contribution < -0.4 is 4.74 Å². The minimum atomic E-state index is 0.169. The van der Waals surface area contributed by atoms with E-state index in [1.54, 1.807) is 12.3 Å². The number of hydrogen-bond donors (Lipinski definition) is 0. The van der Waals surface area contributed by atoms with Gasteiger partial charge >= 0.3 is 0 Å². The predicted molar refractivity (Wildman–Crippen MR) is 61.1 cm³/mol. The molecule has 0 aliphatic heterocycles. The molecule has 0 saturated heterocycles. The zero-order valence-electron chi connectivity index (χ0n) is 9.47. The van der Waals surface area contributed by atoms with Crippen LogP contribution >= 0.6 is 11.6 Å². The fraction of sp³-hybridized carbons (Fsp3) is 0.545. The van der Waals surface area contributed by atoms with Crippen LogP contribution in [0.5, 0.6) is 5.75 Å². The molecule has 0 fully saturated rings. The van der Waals surface area contributed by atoms with Crippen molar-refractivity contribution < 1.29 is 4.74 Å². The van der Waals surface area contributed by atoms with Gasteiger partial charge in [-0.25, -0.2) is 4.98 Å². The van der Waals surface area contributed by atoms with Crippen LogP contribution in [0, 0.1) is 6.92 Å². The van der Waals surface area contributed by atoms with Crippen LogP contribution in [0.3, 0.4) is 0 Å². The number of halogens is 1. The summed E-state index contributed by atoms with van der Waals surface area (Å²) in [7, 11) is 0. The van der Waals surface area contributed by atoms with Crippen LogP contribution in [-0.2, 0) is 0 Å². The molecule has 0 amide bonds. The number of hydrogen-bond acceptors (Lipinski definition) is 2. The van der Waals surface area contributed by atoms with Crippen molar-refractivity contribution in [2.24, 2.45) is 0 Å². The first-order chi connectivity index (χ1) is 6.59. The molecular formula is C11H18ClNO. The number of aromatic nitrogens is 1. The molecule has 3 heteroatoms. The number of pyridine rings is 1. The monoisotopic (exact) mass is 215 g/mol. The quantitative estimate of drug-likeness (QED) is 0.699. The van der Waals surface area contributed by atoms with Crippen molar-refractivity contribution in [3.8, 4) is 5.75 Å². The van der Waals surface area contributed by atoms with E-state index in [2.05, 4.69) is 4.98 Å². The lowest BCUT2D eigenvalue weighted by Crippen LogP contribution is -2.06. The topological polar surface area (TPSA) is 22.1 Å². The first-order valence-electron chi connectivity index (χ1n) is 4.88. The molecule has 0 N–H and O–H groups in total. The summed E-state index contributed by atoms with van der Waals surface area (Å²) in [5, 5.41) is 0.469. The summed E-state index contributed by atoms with van der Waals surface area (Å²) in [6, 6.07) is 1.73. The summed E-state index contributed by atoms with van der Waals surface area (Å²) in [4.78, 5) is 3.93. The van der Waals surface area contributed by atoms with E-state index in [0.717, 1.165) is 11.3 Å². The van der Waals surface area contributed by atoms with E-state index in [-0.39, 0.29) is 6.10 Å². The number of rotatable bonds is 2. The molecule has 0 atom stereocenters. The summed E-state index contributed by atoms with van der Waals surface area (Å²) >= 11 is 5.71. The molecule has 0 bridgehead atoms. The van der Waals surface area contributed by atoms with Crippen molar-refractivity contribution in [1.82, 2.24) is 4.98 Å². The maximum atomic E-state index is 5.71. The van der Waals surface area contributed by atoms with Gasteiger partial charge in [0.1, 0.15) is 10.9 Å². The van der Waals surface area contributed by atoms with Crippen LogP contribution in [0.4, 0.5) is 0 Å². The van der Waals surface area contributed by atoms with Crippen LogP contribution in [0.1, 0.15) is 33.3 Å². The van der Waals surface area contributed by atoms with Gasteiger partial charge in [0, 0.05) is 17.8 Å². The molecule has 1 heterocycles. The molecule has 0 aromatic carbocycles. The van der Waals surface area contributed by atoms with Gasteiger partial charge in [-0.15, -0.1) is 0 Å². The van der Waals surface area contributed by atoms with Crippen molar-refractivity contribution in [1.29, 1.82) is 0 Å². The molecule has 14 heavy (non-hydrogen) atoms. The maximum absolute atomic E-state index is 5.71. The highest BCUT2D eigenvalue weighted by atomic mass is 35.5. The fourth-order valence-corrected chi connectivity index (χ4v) is 1.01. The lowest BCUT2D eigenvalue weighted by molar-refractivity contribution is 0.240. The van der Waals surface area contributed by atoms with E-state index in [0.29, 0.717) is 5.15 Å². The van der Waals surface area contributed by atoms with E-state index < -0.39 is 0 Å². The third kappa shape index (κ3) is 4.47. The zero-order chi connectivity index (χ0) is 11.1. The van der Waals surface area contributed by atoms with Crippen LogP contribution in [-0.4, -0.2) is 11.1 Å². The van der Waals surface area contributed by atoms with Crippen LogP contribution in [0.15, 0.2) is 12.3 Å². The summed E-state index contributed by atoms with van der Waals surface area (Å²) in [5.74, 6) is 0.810. The Morgan fingerprint density at radius 3 is 2.43 bits per heavy atom. The Labute approximate surface area is 91.3 Å². The lowest BCUT2D eigenvalue weighted by Gasteiger charge is -2.11. The third-order valence-electron chi connectivity index (χ3n) is 1.38. The van der Waals surface area contributed by atoms with Gasteiger partial charge in [-0.2, -0.15) is 0 Å². The molecule has 0 unspecified atom stereocenters. The van der Waals surface area contributed by atoms with Gasteiger partial charge in [-0.05, 0) is 20.8 Å². The smallest absolute Gasteiger partial charge is 0.132 e. The van der Waals surface area contributed by atoms with Crippen molar-refractivity contribution in [2.45, 2.75) is 40.7 Å². The first kappa shape index (κ1) is 13.2. The van der Waals surface area contributed by atoms with Gasteiger partial charge in [0.05, 0.1) is 6.10 Å². The standard InChI is InChI=1S/C9H12ClNO.C2H6/c1-6(2)12-8-4-9(10)11-5-7(8)3;1-2/h4-6H,1-3H3;1-2H3. The highest BCUT2D eigenvalue weighted by Crippen LogP contribution is 2.20. The molecule has 1 rings (SSSR count). The number of nitrogens with zero attached hydrogens (tertiary/aromatic N) is 1. The summed E-state index contributed by atoms with van der Waals surface area (Å²) < 4.78 is 5.50. The van der Waals surface area contributed by atoms with Gasteiger partial charge in [0.15, 0.2) is 0 Å². The summed E-state index contributed by atoms with van der Waals surface area (Å²) in [5.41, 5.74) is 1.01. The van der Waals surface area contributed by atoms with Crippen molar-refractivity contribution in [3.05, 3.63) is 23.0 Å². The third-order valence-corrected chi connectivity index (χ3v) is 1.59. The molecule has 0 saturated carbocycles. The second-order valence-corrected chi connectivity index (χ2v) is 3.33. The minimum absolute atomic E-state index is 0.169. The molecule has 0 radical (unpaired) electrons. The van der Waals surface area contributed by atoms with Crippen LogP contribution in [0.25, 0.3) is 0 Å². The van der Waals surface area contributed by atoms with E-state index in [1.807, 2.05) is 34.6 Å². The number of aryl methyl sites for hydroxylation is 1. The molecule has 0 spiro atoms. The predicted octanol–water partition coefficient (Wildman–Crippen LogP) is 3.86. The lowest BCUT2D eigenvalue weighted by atomic mass is 10.3. The Balaban J connectivity index is 0.000000791. The summed E-state index contributed by atoms with van der Waals surface area (Å²) in [6.45, 7) is 9.91. The number of ether oxygens (including phenoxy) is 1. The van der Waals surface area contributed by atoms with Crippen LogP contribution in [0.2, 0.25) is 5.15 Å². The van der Waals surface area contributed by atoms with Crippen molar-refractivity contribution in [3.63, 3.8) is 0 Å². The molecule has 1 aromatic heterocycles. The Hall–Kier alpha value is -0.760. The van der Waals surface area contributed by atoms with E-state index in [4.69, 9.17) is 16.3 Å². The Kier molecular flexibility index (Phi) is 6.30. The Bertz CT molecular complexity index is 274. The zero-order valence-corrected chi connectivity index (χ0v) is 10.2. The maximum Gasteiger partial charge on any atom is 0.132 e.